The summed E-state index contributed by atoms with van der Waals surface area (Å²) in [5.74, 6) is 1.38. The molecule has 1 unspecified atom stereocenters. The van der Waals surface area contributed by atoms with Crippen molar-refractivity contribution >= 4 is 23.4 Å². The second-order valence-corrected chi connectivity index (χ2v) is 5.86. The molecule has 2 aromatic rings. The van der Waals surface area contributed by atoms with Crippen molar-refractivity contribution in [3.63, 3.8) is 0 Å². The number of hydrogen-bond acceptors (Lipinski definition) is 4. The number of anilines is 2. The van der Waals surface area contributed by atoms with Crippen LogP contribution >= 0.6 is 11.6 Å². The Kier molecular flexibility index (Phi) is 3.84. The van der Waals surface area contributed by atoms with Crippen LogP contribution in [0.2, 0.25) is 5.02 Å². The van der Waals surface area contributed by atoms with Crippen LogP contribution in [0.25, 0.3) is 0 Å². The topological polar surface area (TPSA) is 75.0 Å². The summed E-state index contributed by atoms with van der Waals surface area (Å²) in [4.78, 5) is 20.2. The Morgan fingerprint density at radius 1 is 1.38 bits per heavy atom. The van der Waals surface area contributed by atoms with Gasteiger partial charge in [0.15, 0.2) is 0 Å². The Morgan fingerprint density at radius 3 is 2.86 bits per heavy atom. The molecule has 1 fully saturated rings. The molecule has 0 saturated carbocycles. The van der Waals surface area contributed by atoms with Gasteiger partial charge in [0.05, 0.1) is 0 Å². The van der Waals surface area contributed by atoms with Crippen molar-refractivity contribution in [2.45, 2.75) is 12.8 Å². The second kappa shape index (κ2) is 5.77. The van der Waals surface area contributed by atoms with Crippen molar-refractivity contribution in [2.24, 2.45) is 5.92 Å². The quantitative estimate of drug-likeness (QED) is 0.910. The lowest BCUT2D eigenvalue weighted by atomic mass is 9.99. The van der Waals surface area contributed by atoms with Gasteiger partial charge in [-0.3, -0.25) is 9.78 Å². The molecule has 1 aliphatic rings. The summed E-state index contributed by atoms with van der Waals surface area (Å²) in [6, 6.07) is 9.47. The number of nitrogens with zero attached hydrogens (tertiary/aromatic N) is 2. The summed E-state index contributed by atoms with van der Waals surface area (Å²) >= 11 is 5.90. The fraction of sp³-hybridized carbons (Fsp3) is 0.333. The number of benzene rings is 1. The third kappa shape index (κ3) is 3.36. The Bertz CT molecular complexity index is 683. The Hall–Kier alpha value is -2.01. The summed E-state index contributed by atoms with van der Waals surface area (Å²) in [5.41, 5.74) is 6.67. The van der Waals surface area contributed by atoms with Crippen LogP contribution in [-0.4, -0.2) is 23.1 Å². The number of rotatable bonds is 3. The van der Waals surface area contributed by atoms with E-state index in [0.717, 1.165) is 31.0 Å². The van der Waals surface area contributed by atoms with E-state index in [1.807, 2.05) is 12.1 Å². The van der Waals surface area contributed by atoms with Crippen LogP contribution in [0, 0.1) is 5.92 Å². The van der Waals surface area contributed by atoms with Gasteiger partial charge < -0.3 is 10.6 Å². The average Bonchev–Trinajstić information content (AvgIpc) is 2.89. The van der Waals surface area contributed by atoms with Gasteiger partial charge in [0.25, 0.3) is 5.56 Å². The van der Waals surface area contributed by atoms with E-state index >= 15 is 0 Å². The maximum Gasteiger partial charge on any atom is 0.254 e. The first-order valence-electron chi connectivity index (χ1n) is 6.96. The second-order valence-electron chi connectivity index (χ2n) is 5.42. The number of halogens is 1. The molecule has 1 aliphatic heterocycles. The molecule has 6 heteroatoms. The first kappa shape index (κ1) is 13.9. The normalized spacial score (nSPS) is 18.1. The van der Waals surface area contributed by atoms with Gasteiger partial charge in [0.1, 0.15) is 5.82 Å². The third-order valence-electron chi connectivity index (χ3n) is 3.79. The van der Waals surface area contributed by atoms with E-state index in [-0.39, 0.29) is 11.5 Å². The van der Waals surface area contributed by atoms with Crippen LogP contribution in [0.15, 0.2) is 35.1 Å². The zero-order valence-electron chi connectivity index (χ0n) is 11.6. The van der Waals surface area contributed by atoms with Crippen LogP contribution in [0.1, 0.15) is 12.0 Å². The molecule has 1 saturated heterocycles. The number of aromatic nitrogens is 2. The summed E-state index contributed by atoms with van der Waals surface area (Å²) in [6.07, 6.45) is 2.09. The van der Waals surface area contributed by atoms with E-state index in [2.05, 4.69) is 27.0 Å². The van der Waals surface area contributed by atoms with Crippen LogP contribution < -0.4 is 16.2 Å². The molecule has 1 aromatic heterocycles. The van der Waals surface area contributed by atoms with Gasteiger partial charge in [0.2, 0.25) is 5.95 Å². The smallest absolute Gasteiger partial charge is 0.254 e. The van der Waals surface area contributed by atoms with Gasteiger partial charge in [-0.25, -0.2) is 0 Å². The van der Waals surface area contributed by atoms with Crippen molar-refractivity contribution in [3.05, 3.63) is 51.3 Å². The molecule has 0 radical (unpaired) electrons. The molecule has 3 rings (SSSR count). The molecule has 1 atom stereocenters. The average molecular weight is 305 g/mol. The van der Waals surface area contributed by atoms with E-state index in [4.69, 9.17) is 17.3 Å². The monoisotopic (exact) mass is 304 g/mol. The molecule has 110 valence electrons. The van der Waals surface area contributed by atoms with Gasteiger partial charge >= 0.3 is 0 Å². The predicted octanol–water partition coefficient (Wildman–Crippen LogP) is 2.07. The van der Waals surface area contributed by atoms with E-state index in [1.54, 1.807) is 0 Å². The SMILES string of the molecule is Nc1nc(N2CCC(Cc3ccc(Cl)cc3)C2)cc(=O)[nH]1. The zero-order valence-corrected chi connectivity index (χ0v) is 12.3. The zero-order chi connectivity index (χ0) is 14.8. The van der Waals surface area contributed by atoms with Crippen LogP contribution in [0.3, 0.4) is 0 Å². The Morgan fingerprint density at radius 2 is 2.14 bits per heavy atom. The standard InChI is InChI=1S/C15H17ClN4O/c16-12-3-1-10(2-4-12)7-11-5-6-20(9-11)13-8-14(21)19-15(17)18-13/h1-4,8,11H,5-7,9H2,(H3,17,18,19,21). The minimum Gasteiger partial charge on any atom is -0.369 e. The molecule has 21 heavy (non-hydrogen) atoms. The van der Waals surface area contributed by atoms with Gasteiger partial charge in [-0.05, 0) is 36.5 Å². The minimum atomic E-state index is -0.210. The Balaban J connectivity index is 1.67. The van der Waals surface area contributed by atoms with Crippen molar-refractivity contribution in [1.29, 1.82) is 0 Å². The number of nitrogens with one attached hydrogen (secondary N) is 1. The predicted molar refractivity (Wildman–Crippen MR) is 84.7 cm³/mol. The molecule has 3 N–H and O–H groups in total. The van der Waals surface area contributed by atoms with E-state index in [0.29, 0.717) is 11.7 Å². The molecule has 0 bridgehead atoms. The Labute approximate surface area is 127 Å². The molecule has 0 spiro atoms. The molecular weight excluding hydrogens is 288 g/mol. The largest absolute Gasteiger partial charge is 0.369 e. The number of H-pyrrole nitrogens is 1. The van der Waals surface area contributed by atoms with E-state index in [9.17, 15) is 4.79 Å². The summed E-state index contributed by atoms with van der Waals surface area (Å²) in [6.45, 7) is 1.78. The number of nitrogen functional groups attached to an aromatic ring is 1. The lowest BCUT2D eigenvalue weighted by Gasteiger charge is -2.17. The lowest BCUT2D eigenvalue weighted by Crippen LogP contribution is -2.24. The number of aromatic amines is 1. The highest BCUT2D eigenvalue weighted by Gasteiger charge is 2.24. The van der Waals surface area contributed by atoms with Crippen molar-refractivity contribution < 1.29 is 0 Å². The fourth-order valence-corrected chi connectivity index (χ4v) is 2.91. The van der Waals surface area contributed by atoms with E-state index < -0.39 is 0 Å². The van der Waals surface area contributed by atoms with Crippen molar-refractivity contribution in [1.82, 2.24) is 9.97 Å². The maximum atomic E-state index is 11.5. The number of hydrogen-bond donors (Lipinski definition) is 2. The van der Waals surface area contributed by atoms with Crippen molar-refractivity contribution in [2.75, 3.05) is 23.7 Å². The highest BCUT2D eigenvalue weighted by atomic mass is 35.5. The van der Waals surface area contributed by atoms with Gasteiger partial charge in [-0.1, -0.05) is 23.7 Å². The van der Waals surface area contributed by atoms with Crippen molar-refractivity contribution in [3.8, 4) is 0 Å². The highest BCUT2D eigenvalue weighted by Crippen LogP contribution is 2.25. The molecule has 5 nitrogen and oxygen atoms in total. The maximum absolute atomic E-state index is 11.5. The van der Waals surface area contributed by atoms with E-state index in [1.165, 1.54) is 11.6 Å². The van der Waals surface area contributed by atoms with Gasteiger partial charge in [0, 0.05) is 24.2 Å². The van der Waals surface area contributed by atoms with Gasteiger partial charge in [-0.15, -0.1) is 0 Å². The first-order valence-corrected chi connectivity index (χ1v) is 7.34. The van der Waals surface area contributed by atoms with Crippen LogP contribution in [0.5, 0.6) is 0 Å². The third-order valence-corrected chi connectivity index (χ3v) is 4.05. The summed E-state index contributed by atoms with van der Waals surface area (Å²) in [7, 11) is 0. The summed E-state index contributed by atoms with van der Waals surface area (Å²) < 4.78 is 0. The highest BCUT2D eigenvalue weighted by molar-refractivity contribution is 6.30. The van der Waals surface area contributed by atoms with Crippen LogP contribution in [-0.2, 0) is 6.42 Å². The molecule has 0 amide bonds. The van der Waals surface area contributed by atoms with Crippen LogP contribution in [0.4, 0.5) is 11.8 Å². The number of nitrogens with two attached hydrogens (primary N) is 1. The summed E-state index contributed by atoms with van der Waals surface area (Å²) in [5, 5.41) is 0.759. The first-order chi connectivity index (χ1) is 10.1. The lowest BCUT2D eigenvalue weighted by molar-refractivity contribution is 0.586. The molecular formula is C15H17ClN4O. The molecule has 2 heterocycles. The molecule has 0 aliphatic carbocycles. The fourth-order valence-electron chi connectivity index (χ4n) is 2.79. The van der Waals surface area contributed by atoms with Gasteiger partial charge in [-0.2, -0.15) is 4.98 Å². The molecule has 1 aromatic carbocycles. The minimum absolute atomic E-state index is 0.165.